The molecule has 8 heteroatoms. The van der Waals surface area contributed by atoms with Crippen LogP contribution in [0.15, 0.2) is 65.6 Å². The Morgan fingerprint density at radius 1 is 0.927 bits per heavy atom. The Balaban J connectivity index is 1.83. The number of thioether (sulfide) groups is 1. The van der Waals surface area contributed by atoms with Crippen molar-refractivity contribution in [3.63, 3.8) is 0 Å². The quantitative estimate of drug-likeness (QED) is 0.220. The van der Waals surface area contributed by atoms with Gasteiger partial charge in [0.05, 0.1) is 6.42 Å². The lowest BCUT2D eigenvalue weighted by Gasteiger charge is -2.21. The zero-order chi connectivity index (χ0) is 30.4. The van der Waals surface area contributed by atoms with Gasteiger partial charge >= 0.3 is 12.1 Å². The van der Waals surface area contributed by atoms with Gasteiger partial charge in [-0.1, -0.05) is 57.2 Å². The summed E-state index contributed by atoms with van der Waals surface area (Å²) in [4.78, 5) is 24.0. The Bertz CT molecular complexity index is 1320. The van der Waals surface area contributed by atoms with Crippen molar-refractivity contribution in [2.24, 2.45) is 0 Å². The number of hydrogen-bond donors (Lipinski definition) is 2. The van der Waals surface area contributed by atoms with E-state index in [-0.39, 0.29) is 30.1 Å². The van der Waals surface area contributed by atoms with Crippen molar-refractivity contribution < 1.29 is 27.9 Å². The van der Waals surface area contributed by atoms with E-state index >= 15 is 0 Å². The Kier molecular flexibility index (Phi) is 10.7. The lowest BCUT2D eigenvalue weighted by atomic mass is 9.85. The highest BCUT2D eigenvalue weighted by molar-refractivity contribution is 7.99. The van der Waals surface area contributed by atoms with Crippen LogP contribution in [0.25, 0.3) is 11.1 Å². The second-order valence-electron chi connectivity index (χ2n) is 11.4. The summed E-state index contributed by atoms with van der Waals surface area (Å²) in [5.74, 6) is -1.40. The third-order valence-corrected chi connectivity index (χ3v) is 8.22. The summed E-state index contributed by atoms with van der Waals surface area (Å²) >= 11 is 1.53. The van der Waals surface area contributed by atoms with Gasteiger partial charge in [-0.05, 0) is 89.8 Å². The zero-order valence-corrected chi connectivity index (χ0v) is 25.0. The predicted molar refractivity (Wildman–Crippen MR) is 160 cm³/mol. The largest absolute Gasteiger partial charge is 0.481 e. The third-order valence-electron chi connectivity index (χ3n) is 6.92. The number of halogens is 3. The van der Waals surface area contributed by atoms with Crippen LogP contribution in [0, 0.1) is 13.8 Å². The van der Waals surface area contributed by atoms with Crippen molar-refractivity contribution in [2.75, 3.05) is 6.54 Å². The van der Waals surface area contributed by atoms with E-state index in [0.29, 0.717) is 12.0 Å². The van der Waals surface area contributed by atoms with Gasteiger partial charge in [0, 0.05) is 28.7 Å². The number of aliphatic carboxylic acids is 1. The van der Waals surface area contributed by atoms with E-state index in [9.17, 15) is 22.8 Å². The molecule has 0 aromatic heterocycles. The minimum Gasteiger partial charge on any atom is -0.481 e. The molecular formula is C33H38F3NO3S. The van der Waals surface area contributed by atoms with Gasteiger partial charge in [0.15, 0.2) is 0 Å². The number of nitrogens with one attached hydrogen (secondary N) is 1. The van der Waals surface area contributed by atoms with E-state index in [0.717, 1.165) is 32.7 Å². The van der Waals surface area contributed by atoms with Gasteiger partial charge < -0.3 is 10.4 Å². The molecule has 0 fully saturated rings. The number of rotatable bonds is 11. The molecule has 0 aliphatic rings. The van der Waals surface area contributed by atoms with E-state index in [1.165, 1.54) is 17.3 Å². The molecule has 41 heavy (non-hydrogen) atoms. The maximum Gasteiger partial charge on any atom is 0.389 e. The summed E-state index contributed by atoms with van der Waals surface area (Å²) < 4.78 is 38.8. The maximum atomic E-state index is 12.9. The number of carbonyl (C=O) groups is 2. The first-order chi connectivity index (χ1) is 19.1. The fourth-order valence-corrected chi connectivity index (χ4v) is 6.16. The molecule has 3 aromatic carbocycles. The molecule has 3 rings (SSSR count). The molecule has 1 unspecified atom stereocenters. The van der Waals surface area contributed by atoms with Crippen molar-refractivity contribution in [2.45, 2.75) is 82.0 Å². The molecule has 3 aromatic rings. The molecule has 0 saturated heterocycles. The van der Waals surface area contributed by atoms with E-state index in [2.05, 4.69) is 76.3 Å². The summed E-state index contributed by atoms with van der Waals surface area (Å²) in [5.41, 5.74) is 6.99. The first-order valence-electron chi connectivity index (χ1n) is 13.7. The van der Waals surface area contributed by atoms with Gasteiger partial charge in [-0.25, -0.2) is 0 Å². The second-order valence-corrected chi connectivity index (χ2v) is 12.7. The first-order valence-corrected chi connectivity index (χ1v) is 14.6. The number of carboxylic acid groups (broad SMARTS) is 1. The molecule has 0 saturated carbocycles. The van der Waals surface area contributed by atoms with Gasteiger partial charge in [0.25, 0.3) is 5.91 Å². The van der Waals surface area contributed by atoms with Crippen molar-refractivity contribution in [3.05, 3.63) is 88.5 Å². The highest BCUT2D eigenvalue weighted by atomic mass is 32.2. The number of amides is 1. The zero-order valence-electron chi connectivity index (χ0n) is 24.2. The number of aryl methyl sites for hydroxylation is 2. The predicted octanol–water partition coefficient (Wildman–Crippen LogP) is 9.04. The van der Waals surface area contributed by atoms with Crippen LogP contribution < -0.4 is 5.32 Å². The van der Waals surface area contributed by atoms with Crippen LogP contribution in [0.2, 0.25) is 0 Å². The van der Waals surface area contributed by atoms with E-state index in [1.807, 2.05) is 0 Å². The van der Waals surface area contributed by atoms with Crippen molar-refractivity contribution in [1.82, 2.24) is 5.32 Å². The molecule has 1 amide bonds. The highest BCUT2D eigenvalue weighted by Gasteiger charge is 2.27. The van der Waals surface area contributed by atoms with Gasteiger partial charge in [-0.3, -0.25) is 9.59 Å². The average molecular weight is 586 g/mol. The van der Waals surface area contributed by atoms with Crippen LogP contribution in [0.5, 0.6) is 0 Å². The highest BCUT2D eigenvalue weighted by Crippen LogP contribution is 2.42. The molecule has 0 aliphatic carbocycles. The lowest BCUT2D eigenvalue weighted by molar-refractivity contribution is -0.137. The minimum absolute atomic E-state index is 0.00519. The molecule has 1 atom stereocenters. The Labute approximate surface area is 244 Å². The van der Waals surface area contributed by atoms with Crippen LogP contribution in [0.1, 0.15) is 84.3 Å². The number of carboxylic acids is 1. The van der Waals surface area contributed by atoms with E-state index in [1.54, 1.807) is 24.3 Å². The summed E-state index contributed by atoms with van der Waals surface area (Å²) in [7, 11) is 0. The summed E-state index contributed by atoms with van der Waals surface area (Å²) in [5, 5.41) is 11.1. The van der Waals surface area contributed by atoms with Crippen LogP contribution in [-0.4, -0.2) is 29.7 Å². The fraction of sp³-hybridized carbons (Fsp3) is 0.394. The molecule has 4 nitrogen and oxygen atoms in total. The smallest absolute Gasteiger partial charge is 0.389 e. The van der Waals surface area contributed by atoms with Crippen LogP contribution in [0.4, 0.5) is 13.2 Å². The Morgan fingerprint density at radius 3 is 2.02 bits per heavy atom. The normalized spacial score (nSPS) is 12.7. The third kappa shape index (κ3) is 9.66. The number of alkyl halides is 3. The maximum absolute atomic E-state index is 12.9. The average Bonchev–Trinajstić information content (AvgIpc) is 2.86. The minimum atomic E-state index is -4.22. The SMILES string of the molecule is Cc1cc(SC(CCCC(F)(F)F)c2ccc(C(=O)NCCC(=O)O)cc2)cc(C)c1-c1ccc(C(C)(C)C)cc1. The van der Waals surface area contributed by atoms with Crippen LogP contribution >= 0.6 is 11.8 Å². The topological polar surface area (TPSA) is 66.4 Å². The molecule has 2 N–H and O–H groups in total. The Morgan fingerprint density at radius 2 is 1.51 bits per heavy atom. The lowest BCUT2D eigenvalue weighted by Crippen LogP contribution is -2.25. The summed E-state index contributed by atoms with van der Waals surface area (Å²) in [6, 6.07) is 19.6. The molecule has 0 radical (unpaired) electrons. The standard InChI is InChI=1S/C33H38F3NO3S/c1-21-19-27(20-22(2)30(21)24-12-14-26(15-13-24)32(3,4)5)41-28(7-6-17-33(34,35)36)23-8-10-25(11-9-23)31(40)37-18-16-29(38)39/h8-15,19-20,28H,6-7,16-18H2,1-5H3,(H,37,40)(H,38,39). The first kappa shape index (κ1) is 32.3. The summed E-state index contributed by atoms with van der Waals surface area (Å²) in [6.07, 6.45) is -4.93. The molecule has 0 heterocycles. The Hall–Kier alpha value is -3.26. The van der Waals surface area contributed by atoms with E-state index < -0.39 is 24.5 Å². The van der Waals surface area contributed by atoms with Gasteiger partial charge in [0.2, 0.25) is 0 Å². The molecular weight excluding hydrogens is 547 g/mol. The van der Waals surface area contributed by atoms with Crippen molar-refractivity contribution in [3.8, 4) is 11.1 Å². The number of hydrogen-bond acceptors (Lipinski definition) is 3. The molecule has 0 bridgehead atoms. The van der Waals surface area contributed by atoms with Crippen molar-refractivity contribution >= 4 is 23.6 Å². The summed E-state index contributed by atoms with van der Waals surface area (Å²) in [6.45, 7) is 10.7. The van der Waals surface area contributed by atoms with Gasteiger partial charge in [0.1, 0.15) is 0 Å². The van der Waals surface area contributed by atoms with Gasteiger partial charge in [-0.2, -0.15) is 13.2 Å². The monoisotopic (exact) mass is 585 g/mol. The fourth-order valence-electron chi connectivity index (χ4n) is 4.76. The number of benzene rings is 3. The molecule has 0 spiro atoms. The van der Waals surface area contributed by atoms with E-state index in [4.69, 9.17) is 5.11 Å². The van der Waals surface area contributed by atoms with Crippen LogP contribution in [-0.2, 0) is 10.2 Å². The number of carbonyl (C=O) groups excluding carboxylic acids is 1. The van der Waals surface area contributed by atoms with Crippen molar-refractivity contribution in [1.29, 1.82) is 0 Å². The van der Waals surface area contributed by atoms with Crippen LogP contribution in [0.3, 0.4) is 0 Å². The second kappa shape index (κ2) is 13.6. The molecule has 220 valence electrons. The molecule has 0 aliphatic heterocycles. The van der Waals surface area contributed by atoms with Gasteiger partial charge in [-0.15, -0.1) is 11.8 Å².